The van der Waals surface area contributed by atoms with Gasteiger partial charge in [-0.15, -0.1) is 0 Å². The number of hydrogen-bond acceptors (Lipinski definition) is 4. The molecular formula is C12H16Cl2N4O. The highest BCUT2D eigenvalue weighted by atomic mass is 35.5. The average molecular weight is 303 g/mol. The lowest BCUT2D eigenvalue weighted by Gasteiger charge is -2.19. The van der Waals surface area contributed by atoms with Gasteiger partial charge in [-0.1, -0.05) is 11.6 Å². The molecule has 104 valence electrons. The minimum Gasteiger partial charge on any atom is -0.355 e. The summed E-state index contributed by atoms with van der Waals surface area (Å²) in [5, 5.41) is 3.45. The van der Waals surface area contributed by atoms with Gasteiger partial charge in [0.1, 0.15) is 5.15 Å². The largest absolute Gasteiger partial charge is 0.355 e. The Bertz CT molecular complexity index is 458. The maximum absolute atomic E-state index is 11.3. The van der Waals surface area contributed by atoms with E-state index in [2.05, 4.69) is 20.2 Å². The van der Waals surface area contributed by atoms with E-state index in [-0.39, 0.29) is 11.2 Å². The molecule has 1 N–H and O–H groups in total. The van der Waals surface area contributed by atoms with Crippen LogP contribution in [0.1, 0.15) is 17.7 Å². The Balaban J connectivity index is 1.97. The number of halogens is 2. The summed E-state index contributed by atoms with van der Waals surface area (Å²) >= 11 is 11.8. The van der Waals surface area contributed by atoms with Crippen LogP contribution in [0.4, 0.5) is 0 Å². The number of nitrogens with zero attached hydrogens (tertiary/aromatic N) is 3. The molecule has 2 rings (SSSR count). The van der Waals surface area contributed by atoms with Crippen molar-refractivity contribution in [2.75, 3.05) is 26.2 Å². The van der Waals surface area contributed by atoms with Crippen LogP contribution in [0.15, 0.2) is 0 Å². The summed E-state index contributed by atoms with van der Waals surface area (Å²) in [7, 11) is 0. The van der Waals surface area contributed by atoms with Gasteiger partial charge in [0.2, 0.25) is 11.2 Å². The molecule has 1 aliphatic rings. The number of carbonyl (C=O) groups is 1. The summed E-state index contributed by atoms with van der Waals surface area (Å²) in [5.41, 5.74) is 1.74. The fourth-order valence-electron chi connectivity index (χ4n) is 2.12. The van der Waals surface area contributed by atoms with Crippen LogP contribution in [0, 0.1) is 6.92 Å². The number of carbonyl (C=O) groups excluding carboxylic acids is 1. The molecule has 0 atom stereocenters. The number of aromatic nitrogens is 2. The smallest absolute Gasteiger partial charge is 0.224 e. The molecule has 0 radical (unpaired) electrons. The molecule has 2 heterocycles. The van der Waals surface area contributed by atoms with Gasteiger partial charge in [-0.25, -0.2) is 9.97 Å². The van der Waals surface area contributed by atoms with E-state index in [4.69, 9.17) is 23.2 Å². The zero-order valence-corrected chi connectivity index (χ0v) is 12.3. The second-order valence-electron chi connectivity index (χ2n) is 4.54. The molecular weight excluding hydrogens is 287 g/mol. The van der Waals surface area contributed by atoms with Gasteiger partial charge in [-0.05, 0) is 24.9 Å². The van der Waals surface area contributed by atoms with E-state index >= 15 is 0 Å². The van der Waals surface area contributed by atoms with Crippen molar-refractivity contribution in [1.82, 2.24) is 20.2 Å². The fourth-order valence-corrected chi connectivity index (χ4v) is 2.69. The lowest BCUT2D eigenvalue weighted by atomic mass is 10.1. The van der Waals surface area contributed by atoms with E-state index in [0.29, 0.717) is 18.1 Å². The third kappa shape index (κ3) is 4.03. The van der Waals surface area contributed by atoms with Gasteiger partial charge in [0, 0.05) is 43.9 Å². The number of rotatable bonds is 3. The van der Waals surface area contributed by atoms with Crippen molar-refractivity contribution in [2.45, 2.75) is 19.8 Å². The molecule has 0 aliphatic carbocycles. The van der Waals surface area contributed by atoms with Crippen LogP contribution in [0.25, 0.3) is 0 Å². The molecule has 0 bridgehead atoms. The predicted octanol–water partition coefficient (Wildman–Crippen LogP) is 1.46. The minimum absolute atomic E-state index is 0.117. The molecule has 1 aromatic heterocycles. The second-order valence-corrected chi connectivity index (χ2v) is 5.24. The van der Waals surface area contributed by atoms with Crippen LogP contribution < -0.4 is 5.32 Å². The van der Waals surface area contributed by atoms with Crippen molar-refractivity contribution >= 4 is 29.1 Å². The summed E-state index contributed by atoms with van der Waals surface area (Å²) in [4.78, 5) is 21.6. The van der Waals surface area contributed by atoms with Crippen molar-refractivity contribution in [3.8, 4) is 0 Å². The highest BCUT2D eigenvalue weighted by Crippen LogP contribution is 2.19. The average Bonchev–Trinajstić information content (AvgIpc) is 2.53. The van der Waals surface area contributed by atoms with Crippen LogP contribution >= 0.6 is 23.2 Å². The summed E-state index contributed by atoms with van der Waals surface area (Å²) in [5.74, 6) is 0.117. The molecule has 1 aliphatic heterocycles. The molecule has 0 aromatic carbocycles. The zero-order valence-electron chi connectivity index (χ0n) is 10.7. The third-order valence-corrected chi connectivity index (χ3v) is 3.70. The monoisotopic (exact) mass is 302 g/mol. The lowest BCUT2D eigenvalue weighted by Crippen LogP contribution is -2.30. The van der Waals surface area contributed by atoms with Crippen LogP contribution in [0.5, 0.6) is 0 Å². The summed E-state index contributed by atoms with van der Waals surface area (Å²) in [6, 6.07) is 0. The normalized spacial score (nSPS) is 17.1. The highest BCUT2D eigenvalue weighted by Gasteiger charge is 2.15. The van der Waals surface area contributed by atoms with Crippen molar-refractivity contribution in [2.24, 2.45) is 0 Å². The maximum atomic E-state index is 11.3. The Hall–Kier alpha value is -0.910. The summed E-state index contributed by atoms with van der Waals surface area (Å²) < 4.78 is 0. The Kier molecular flexibility index (Phi) is 4.96. The number of aryl methyl sites for hydroxylation is 1. The molecule has 1 amide bonds. The van der Waals surface area contributed by atoms with Crippen LogP contribution in [-0.4, -0.2) is 47.0 Å². The number of hydrogen-bond donors (Lipinski definition) is 1. The minimum atomic E-state index is 0.117. The van der Waals surface area contributed by atoms with E-state index in [1.54, 1.807) is 0 Å². The molecule has 19 heavy (non-hydrogen) atoms. The van der Waals surface area contributed by atoms with E-state index in [9.17, 15) is 4.79 Å². The van der Waals surface area contributed by atoms with E-state index < -0.39 is 0 Å². The van der Waals surface area contributed by atoms with Crippen molar-refractivity contribution in [1.29, 1.82) is 0 Å². The molecule has 0 spiro atoms. The Morgan fingerprint density at radius 1 is 1.32 bits per heavy atom. The molecule has 0 saturated carbocycles. The van der Waals surface area contributed by atoms with E-state index in [1.165, 1.54) is 0 Å². The number of amides is 1. The SMILES string of the molecule is Cc1nc(Cl)nc(Cl)c1CCN1CCNC(=O)CC1. The van der Waals surface area contributed by atoms with Gasteiger partial charge in [0.25, 0.3) is 0 Å². The first-order valence-corrected chi connectivity index (χ1v) is 6.99. The molecule has 7 heteroatoms. The van der Waals surface area contributed by atoms with Crippen molar-refractivity contribution < 1.29 is 4.79 Å². The highest BCUT2D eigenvalue weighted by molar-refractivity contribution is 6.32. The van der Waals surface area contributed by atoms with Crippen molar-refractivity contribution in [3.05, 3.63) is 21.7 Å². The molecule has 0 unspecified atom stereocenters. The lowest BCUT2D eigenvalue weighted by molar-refractivity contribution is -0.120. The van der Waals surface area contributed by atoms with Gasteiger partial charge in [-0.3, -0.25) is 4.79 Å². The standard InChI is InChI=1S/C12H16Cl2N4O/c1-8-9(11(13)17-12(14)16-8)2-5-18-6-3-10(19)15-4-7-18/h2-7H2,1H3,(H,15,19). The zero-order chi connectivity index (χ0) is 13.8. The van der Waals surface area contributed by atoms with E-state index in [1.807, 2.05) is 6.92 Å². The topological polar surface area (TPSA) is 58.1 Å². The fraction of sp³-hybridized carbons (Fsp3) is 0.583. The van der Waals surface area contributed by atoms with Crippen LogP contribution in [0.3, 0.4) is 0 Å². The summed E-state index contributed by atoms with van der Waals surface area (Å²) in [6.07, 6.45) is 1.31. The first-order valence-electron chi connectivity index (χ1n) is 6.24. The molecule has 1 aromatic rings. The predicted molar refractivity (Wildman–Crippen MR) is 74.6 cm³/mol. The van der Waals surface area contributed by atoms with Crippen molar-refractivity contribution in [3.63, 3.8) is 0 Å². The quantitative estimate of drug-likeness (QED) is 0.678. The maximum Gasteiger partial charge on any atom is 0.224 e. The van der Waals surface area contributed by atoms with Gasteiger partial charge in [-0.2, -0.15) is 0 Å². The van der Waals surface area contributed by atoms with E-state index in [0.717, 1.165) is 37.3 Å². The van der Waals surface area contributed by atoms with Gasteiger partial charge in [0.05, 0.1) is 0 Å². The van der Waals surface area contributed by atoms with Gasteiger partial charge >= 0.3 is 0 Å². The third-order valence-electron chi connectivity index (χ3n) is 3.22. The van der Waals surface area contributed by atoms with Gasteiger partial charge in [0.15, 0.2) is 0 Å². The Morgan fingerprint density at radius 2 is 2.11 bits per heavy atom. The Morgan fingerprint density at radius 3 is 2.84 bits per heavy atom. The number of nitrogens with one attached hydrogen (secondary N) is 1. The summed E-state index contributed by atoms with van der Waals surface area (Å²) in [6.45, 7) is 5.04. The van der Waals surface area contributed by atoms with Crippen LogP contribution in [-0.2, 0) is 11.2 Å². The van der Waals surface area contributed by atoms with Crippen LogP contribution in [0.2, 0.25) is 10.4 Å². The first kappa shape index (κ1) is 14.5. The Labute approximate surface area is 122 Å². The molecule has 1 saturated heterocycles. The van der Waals surface area contributed by atoms with Gasteiger partial charge < -0.3 is 10.2 Å². The molecule has 5 nitrogen and oxygen atoms in total. The molecule has 1 fully saturated rings. The first-order chi connectivity index (χ1) is 9.06. The second kappa shape index (κ2) is 6.50.